The third kappa shape index (κ3) is 2.45. The first kappa shape index (κ1) is 11.5. The van der Waals surface area contributed by atoms with Gasteiger partial charge in [0.15, 0.2) is 0 Å². The fourth-order valence-corrected chi connectivity index (χ4v) is 1.74. The smallest absolute Gasteiger partial charge is 0.323 e. The van der Waals surface area contributed by atoms with E-state index in [0.29, 0.717) is 0 Å². The van der Waals surface area contributed by atoms with E-state index in [1.165, 1.54) is 0 Å². The second kappa shape index (κ2) is 4.28. The zero-order chi connectivity index (χ0) is 10.8. The molecule has 0 amide bonds. The molecular weight excluding hydrogens is 180 g/mol. The lowest BCUT2D eigenvalue weighted by Crippen LogP contribution is -2.51. The summed E-state index contributed by atoms with van der Waals surface area (Å²) in [6.07, 6.45) is 1.05. The van der Waals surface area contributed by atoms with Crippen LogP contribution in [0.4, 0.5) is 0 Å². The van der Waals surface area contributed by atoms with Gasteiger partial charge in [-0.15, -0.1) is 0 Å². The summed E-state index contributed by atoms with van der Waals surface area (Å²) in [5.74, 6) is -0.734. The molecule has 1 aliphatic rings. The molecule has 4 heteroatoms. The van der Waals surface area contributed by atoms with Gasteiger partial charge in [0.2, 0.25) is 0 Å². The lowest BCUT2D eigenvalue weighted by molar-refractivity contribution is -0.149. The van der Waals surface area contributed by atoms with E-state index in [4.69, 9.17) is 5.11 Å². The van der Waals surface area contributed by atoms with Crippen molar-refractivity contribution in [2.24, 2.45) is 0 Å². The second-order valence-electron chi connectivity index (χ2n) is 4.51. The van der Waals surface area contributed by atoms with Gasteiger partial charge in [0, 0.05) is 19.6 Å². The summed E-state index contributed by atoms with van der Waals surface area (Å²) >= 11 is 0. The maximum atomic E-state index is 11.1. The molecule has 0 spiro atoms. The van der Waals surface area contributed by atoms with Gasteiger partial charge in [0.05, 0.1) is 0 Å². The SMILES string of the molecule is CN1CCCN(C(C)(C)C(=O)O)CC1. The fourth-order valence-electron chi connectivity index (χ4n) is 1.74. The number of carbonyl (C=O) groups is 1. The quantitative estimate of drug-likeness (QED) is 0.704. The summed E-state index contributed by atoms with van der Waals surface area (Å²) in [6, 6.07) is 0. The zero-order valence-electron chi connectivity index (χ0n) is 9.29. The van der Waals surface area contributed by atoms with Gasteiger partial charge in [0.1, 0.15) is 5.54 Å². The minimum atomic E-state index is -0.734. The van der Waals surface area contributed by atoms with Gasteiger partial charge in [-0.3, -0.25) is 9.69 Å². The van der Waals surface area contributed by atoms with Crippen LogP contribution in [0.5, 0.6) is 0 Å². The molecule has 82 valence electrons. The van der Waals surface area contributed by atoms with Crippen molar-refractivity contribution in [2.75, 3.05) is 33.2 Å². The van der Waals surface area contributed by atoms with Gasteiger partial charge in [-0.1, -0.05) is 0 Å². The molecule has 0 aromatic carbocycles. The van der Waals surface area contributed by atoms with Gasteiger partial charge >= 0.3 is 5.97 Å². The van der Waals surface area contributed by atoms with Gasteiger partial charge in [-0.05, 0) is 33.9 Å². The van der Waals surface area contributed by atoms with Crippen LogP contribution in [0.15, 0.2) is 0 Å². The molecule has 0 aromatic rings. The van der Waals surface area contributed by atoms with Crippen molar-refractivity contribution >= 4 is 5.97 Å². The van der Waals surface area contributed by atoms with Crippen LogP contribution >= 0.6 is 0 Å². The Hall–Kier alpha value is -0.610. The lowest BCUT2D eigenvalue weighted by Gasteiger charge is -2.33. The Morgan fingerprint density at radius 1 is 1.21 bits per heavy atom. The van der Waals surface area contributed by atoms with Crippen LogP contribution < -0.4 is 0 Å². The Bertz CT molecular complexity index is 216. The summed E-state index contributed by atoms with van der Waals surface area (Å²) in [7, 11) is 2.08. The van der Waals surface area contributed by atoms with Crippen LogP contribution in [-0.4, -0.2) is 59.6 Å². The molecule has 0 atom stereocenters. The number of hydrogen-bond donors (Lipinski definition) is 1. The third-order valence-corrected chi connectivity index (χ3v) is 3.03. The van der Waals surface area contributed by atoms with Crippen LogP contribution in [0.2, 0.25) is 0 Å². The molecule has 0 unspecified atom stereocenters. The predicted molar refractivity (Wildman–Crippen MR) is 55.4 cm³/mol. The van der Waals surface area contributed by atoms with Crippen LogP contribution in [0.1, 0.15) is 20.3 Å². The molecule has 1 aliphatic heterocycles. The van der Waals surface area contributed by atoms with Gasteiger partial charge < -0.3 is 10.0 Å². The van der Waals surface area contributed by atoms with Crippen molar-refractivity contribution in [3.05, 3.63) is 0 Å². The first-order valence-electron chi connectivity index (χ1n) is 5.11. The molecule has 0 radical (unpaired) electrons. The van der Waals surface area contributed by atoms with Crippen LogP contribution in [-0.2, 0) is 4.79 Å². The number of carboxylic acids is 1. The summed E-state index contributed by atoms with van der Waals surface area (Å²) in [6.45, 7) is 7.30. The Morgan fingerprint density at radius 2 is 1.86 bits per heavy atom. The van der Waals surface area contributed by atoms with E-state index >= 15 is 0 Å². The molecular formula is C10H20N2O2. The number of aliphatic carboxylic acids is 1. The van der Waals surface area contributed by atoms with Crippen LogP contribution in [0.3, 0.4) is 0 Å². The van der Waals surface area contributed by atoms with Crippen molar-refractivity contribution < 1.29 is 9.90 Å². The van der Waals surface area contributed by atoms with Crippen molar-refractivity contribution in [2.45, 2.75) is 25.8 Å². The highest BCUT2D eigenvalue weighted by Gasteiger charge is 2.34. The van der Waals surface area contributed by atoms with E-state index in [0.717, 1.165) is 32.6 Å². The molecule has 4 nitrogen and oxygen atoms in total. The number of hydrogen-bond acceptors (Lipinski definition) is 3. The van der Waals surface area contributed by atoms with Crippen LogP contribution in [0.25, 0.3) is 0 Å². The molecule has 0 aliphatic carbocycles. The highest BCUT2D eigenvalue weighted by Crippen LogP contribution is 2.16. The number of rotatable bonds is 2. The normalized spacial score (nSPS) is 21.9. The van der Waals surface area contributed by atoms with Gasteiger partial charge in [-0.25, -0.2) is 0 Å². The first-order chi connectivity index (χ1) is 6.44. The maximum Gasteiger partial charge on any atom is 0.323 e. The van der Waals surface area contributed by atoms with Crippen molar-refractivity contribution in [3.8, 4) is 0 Å². The summed E-state index contributed by atoms with van der Waals surface area (Å²) < 4.78 is 0. The number of likely N-dealkylation sites (N-methyl/N-ethyl adjacent to an activating group) is 1. The summed E-state index contributed by atoms with van der Waals surface area (Å²) in [4.78, 5) is 15.4. The zero-order valence-corrected chi connectivity index (χ0v) is 9.29. The predicted octanol–water partition coefficient (Wildman–Crippen LogP) is 0.487. The molecule has 0 saturated carbocycles. The molecule has 1 N–H and O–H groups in total. The number of carboxylic acid groups (broad SMARTS) is 1. The first-order valence-corrected chi connectivity index (χ1v) is 5.11. The Kier molecular flexibility index (Phi) is 3.50. The minimum Gasteiger partial charge on any atom is -0.480 e. The highest BCUT2D eigenvalue weighted by atomic mass is 16.4. The average Bonchev–Trinajstić information content (AvgIpc) is 2.29. The maximum absolute atomic E-state index is 11.1. The Balaban J connectivity index is 2.63. The highest BCUT2D eigenvalue weighted by molar-refractivity contribution is 5.77. The van der Waals surface area contributed by atoms with E-state index in [1.807, 2.05) is 0 Å². The largest absolute Gasteiger partial charge is 0.480 e. The molecule has 0 aromatic heterocycles. The van der Waals surface area contributed by atoms with E-state index in [1.54, 1.807) is 13.8 Å². The molecule has 1 fully saturated rings. The minimum absolute atomic E-state index is 0.731. The van der Waals surface area contributed by atoms with Crippen molar-refractivity contribution in [1.82, 2.24) is 9.80 Å². The molecule has 14 heavy (non-hydrogen) atoms. The second-order valence-corrected chi connectivity index (χ2v) is 4.51. The average molecular weight is 200 g/mol. The molecule has 0 bridgehead atoms. The topological polar surface area (TPSA) is 43.8 Å². The fraction of sp³-hybridized carbons (Fsp3) is 0.900. The van der Waals surface area contributed by atoms with E-state index in [2.05, 4.69) is 16.8 Å². The Morgan fingerprint density at radius 3 is 2.43 bits per heavy atom. The van der Waals surface area contributed by atoms with Crippen molar-refractivity contribution in [3.63, 3.8) is 0 Å². The third-order valence-electron chi connectivity index (χ3n) is 3.03. The molecule has 1 rings (SSSR count). The van der Waals surface area contributed by atoms with Crippen LogP contribution in [0, 0.1) is 0 Å². The van der Waals surface area contributed by atoms with Crippen molar-refractivity contribution in [1.29, 1.82) is 0 Å². The lowest BCUT2D eigenvalue weighted by atomic mass is 10.0. The standard InChI is InChI=1S/C10H20N2O2/c1-10(2,9(13)14)12-6-4-5-11(3)7-8-12/h4-8H2,1-3H3,(H,13,14). The number of nitrogens with zero attached hydrogens (tertiary/aromatic N) is 2. The molecule has 1 saturated heterocycles. The monoisotopic (exact) mass is 200 g/mol. The van der Waals surface area contributed by atoms with Gasteiger partial charge in [-0.2, -0.15) is 0 Å². The van der Waals surface area contributed by atoms with E-state index in [-0.39, 0.29) is 0 Å². The van der Waals surface area contributed by atoms with Gasteiger partial charge in [0.25, 0.3) is 0 Å². The molecule has 1 heterocycles. The van der Waals surface area contributed by atoms with E-state index in [9.17, 15) is 4.79 Å². The van der Waals surface area contributed by atoms with E-state index < -0.39 is 11.5 Å². The summed E-state index contributed by atoms with van der Waals surface area (Å²) in [5.41, 5.74) is -0.731. The summed E-state index contributed by atoms with van der Waals surface area (Å²) in [5, 5.41) is 9.10. The Labute approximate surface area is 85.5 Å².